The van der Waals surface area contributed by atoms with Gasteiger partial charge in [0, 0.05) is 13.2 Å². The first-order chi connectivity index (χ1) is 12.4. The van der Waals surface area contributed by atoms with Crippen LogP contribution in [0.25, 0.3) is 10.8 Å². The molecule has 2 aromatic carbocycles. The summed E-state index contributed by atoms with van der Waals surface area (Å²) >= 11 is 0. The topological polar surface area (TPSA) is 38.3 Å². The van der Waals surface area contributed by atoms with Gasteiger partial charge in [0.05, 0.1) is 0 Å². The van der Waals surface area contributed by atoms with Gasteiger partial charge < -0.3 is 10.1 Å². The van der Waals surface area contributed by atoms with Gasteiger partial charge in [-0.05, 0) is 52.3 Å². The van der Waals surface area contributed by atoms with Gasteiger partial charge in [0.25, 0.3) is 5.91 Å². The van der Waals surface area contributed by atoms with Gasteiger partial charge in [0.1, 0.15) is 0 Å². The number of hydrogen-bond donors (Lipinski definition) is 1. The third kappa shape index (κ3) is 2.40. The van der Waals surface area contributed by atoms with E-state index in [0.29, 0.717) is 5.92 Å². The normalized spacial score (nSPS) is 30.5. The van der Waals surface area contributed by atoms with Crippen LogP contribution in [0.5, 0.6) is 0 Å². The number of nitrogens with one attached hydrogen (secondary N) is 1. The van der Waals surface area contributed by atoms with Crippen molar-refractivity contribution in [3.63, 3.8) is 0 Å². The lowest BCUT2D eigenvalue weighted by atomic mass is 9.69. The monoisotopic (exact) mass is 351 g/mol. The zero-order chi connectivity index (χ0) is 18.5. The highest BCUT2D eigenvalue weighted by molar-refractivity contribution is 5.92. The Kier molecular flexibility index (Phi) is 4.11. The fourth-order valence-corrected chi connectivity index (χ4v) is 5.52. The van der Waals surface area contributed by atoms with E-state index < -0.39 is 6.10 Å². The lowest BCUT2D eigenvalue weighted by molar-refractivity contribution is -0.133. The predicted octanol–water partition coefficient (Wildman–Crippen LogP) is 4.86. The summed E-state index contributed by atoms with van der Waals surface area (Å²) < 4.78 is 5.67. The van der Waals surface area contributed by atoms with Gasteiger partial charge >= 0.3 is 0 Å². The molecule has 4 rings (SSSR count). The third-order valence-corrected chi connectivity index (χ3v) is 7.69. The summed E-state index contributed by atoms with van der Waals surface area (Å²) in [6, 6.07) is 14.5. The first kappa shape index (κ1) is 17.5. The van der Waals surface area contributed by atoms with E-state index in [1.165, 1.54) is 12.8 Å². The summed E-state index contributed by atoms with van der Waals surface area (Å²) in [6.45, 7) is 7.09. The molecule has 2 saturated carbocycles. The third-order valence-electron chi connectivity index (χ3n) is 7.69. The number of ether oxygens (including phenoxy) is 1. The zero-order valence-electron chi connectivity index (χ0n) is 16.2. The molecule has 0 aromatic heterocycles. The number of carbonyl (C=O) groups is 1. The van der Waals surface area contributed by atoms with Crippen LogP contribution in [0, 0.1) is 16.7 Å². The Morgan fingerprint density at radius 3 is 2.54 bits per heavy atom. The molecule has 0 aliphatic heterocycles. The molecule has 0 saturated heterocycles. The van der Waals surface area contributed by atoms with E-state index in [1.54, 1.807) is 7.11 Å². The number of carbonyl (C=O) groups excluding carboxylic acids is 1. The Bertz CT molecular complexity index is 838. The van der Waals surface area contributed by atoms with Crippen molar-refractivity contribution in [3.8, 4) is 0 Å². The highest BCUT2D eigenvalue weighted by atomic mass is 16.5. The van der Waals surface area contributed by atoms with Crippen molar-refractivity contribution in [1.82, 2.24) is 5.32 Å². The molecular formula is C23H29NO2. The van der Waals surface area contributed by atoms with E-state index in [9.17, 15) is 4.79 Å². The molecule has 0 heterocycles. The standard InChI is InChI=1S/C23H29NO2/c1-22(2)16-12-13-23(22,3)19(14-16)24-21(25)20(26-4)18-11-7-9-15-8-5-6-10-17(15)18/h5-11,16,19-20H,12-14H2,1-4H3,(H,24,25)/t16-,19+,20+,23+/m1/s1. The van der Waals surface area contributed by atoms with Crippen molar-refractivity contribution in [2.24, 2.45) is 16.7 Å². The quantitative estimate of drug-likeness (QED) is 0.854. The van der Waals surface area contributed by atoms with E-state index in [-0.39, 0.29) is 22.8 Å². The molecule has 0 unspecified atom stereocenters. The minimum Gasteiger partial charge on any atom is -0.367 e. The van der Waals surface area contributed by atoms with E-state index in [4.69, 9.17) is 4.74 Å². The van der Waals surface area contributed by atoms with Gasteiger partial charge in [0.2, 0.25) is 0 Å². The minimum absolute atomic E-state index is 0.0153. The van der Waals surface area contributed by atoms with Gasteiger partial charge in [-0.25, -0.2) is 0 Å². The molecule has 1 amide bonds. The van der Waals surface area contributed by atoms with Crippen molar-refractivity contribution >= 4 is 16.7 Å². The van der Waals surface area contributed by atoms with Gasteiger partial charge in [-0.1, -0.05) is 63.2 Å². The number of rotatable bonds is 4. The van der Waals surface area contributed by atoms with E-state index >= 15 is 0 Å². The minimum atomic E-state index is -0.577. The molecule has 2 aliphatic carbocycles. The summed E-state index contributed by atoms with van der Waals surface area (Å²) in [5.74, 6) is 0.690. The molecule has 1 N–H and O–H groups in total. The fourth-order valence-electron chi connectivity index (χ4n) is 5.52. The lowest BCUT2D eigenvalue weighted by Crippen LogP contribution is -2.48. The smallest absolute Gasteiger partial charge is 0.254 e. The first-order valence-electron chi connectivity index (χ1n) is 9.69. The molecule has 26 heavy (non-hydrogen) atoms. The summed E-state index contributed by atoms with van der Waals surface area (Å²) in [5.41, 5.74) is 1.40. The van der Waals surface area contributed by atoms with E-state index in [0.717, 1.165) is 22.8 Å². The summed E-state index contributed by atoms with van der Waals surface area (Å²) in [4.78, 5) is 13.2. The van der Waals surface area contributed by atoms with Crippen molar-refractivity contribution in [1.29, 1.82) is 0 Å². The van der Waals surface area contributed by atoms with Crippen molar-refractivity contribution in [3.05, 3.63) is 48.0 Å². The van der Waals surface area contributed by atoms with Gasteiger partial charge in [-0.15, -0.1) is 0 Å². The number of amides is 1. The Hall–Kier alpha value is -1.87. The van der Waals surface area contributed by atoms with Crippen LogP contribution in [0.15, 0.2) is 42.5 Å². The van der Waals surface area contributed by atoms with Crippen LogP contribution < -0.4 is 5.32 Å². The van der Waals surface area contributed by atoms with Crippen molar-refractivity contribution in [2.75, 3.05) is 7.11 Å². The highest BCUT2D eigenvalue weighted by Crippen LogP contribution is 2.65. The Morgan fingerprint density at radius 2 is 1.88 bits per heavy atom. The lowest BCUT2D eigenvalue weighted by Gasteiger charge is -2.39. The molecule has 138 valence electrons. The summed E-state index contributed by atoms with van der Waals surface area (Å²) in [6.07, 6.45) is 2.99. The SMILES string of the molecule is CO[C@H](C(=O)N[C@H]1C[C@H]2CC[C@]1(C)C2(C)C)c1cccc2ccccc12. The molecule has 0 radical (unpaired) electrons. The molecule has 3 nitrogen and oxygen atoms in total. The highest BCUT2D eigenvalue weighted by Gasteiger charge is 2.61. The molecule has 4 atom stereocenters. The zero-order valence-corrected chi connectivity index (χ0v) is 16.2. The summed E-state index contributed by atoms with van der Waals surface area (Å²) in [5, 5.41) is 5.57. The van der Waals surface area contributed by atoms with Crippen molar-refractivity contribution in [2.45, 2.75) is 52.2 Å². The number of methoxy groups -OCH3 is 1. The number of benzene rings is 2. The summed E-state index contributed by atoms with van der Waals surface area (Å²) in [7, 11) is 1.62. The Morgan fingerprint density at radius 1 is 1.15 bits per heavy atom. The van der Waals surface area contributed by atoms with Crippen LogP contribution in [-0.4, -0.2) is 19.1 Å². The maximum absolute atomic E-state index is 13.2. The number of fused-ring (bicyclic) bond motifs is 3. The van der Waals surface area contributed by atoms with Crippen molar-refractivity contribution < 1.29 is 9.53 Å². The second-order valence-corrected chi connectivity index (χ2v) is 8.86. The maximum atomic E-state index is 13.2. The van der Waals surface area contributed by atoms with E-state index in [1.807, 2.05) is 24.3 Å². The predicted molar refractivity (Wildman–Crippen MR) is 105 cm³/mol. The largest absolute Gasteiger partial charge is 0.367 e. The van der Waals surface area contributed by atoms with Gasteiger partial charge in [0.15, 0.2) is 6.10 Å². The van der Waals surface area contributed by atoms with Crippen LogP contribution in [0.4, 0.5) is 0 Å². The van der Waals surface area contributed by atoms with Crippen LogP contribution in [0.3, 0.4) is 0 Å². The van der Waals surface area contributed by atoms with Crippen LogP contribution in [-0.2, 0) is 9.53 Å². The molecule has 2 fully saturated rings. The molecular weight excluding hydrogens is 322 g/mol. The van der Waals surface area contributed by atoms with Crippen LogP contribution in [0.1, 0.15) is 51.7 Å². The second-order valence-electron chi connectivity index (χ2n) is 8.86. The maximum Gasteiger partial charge on any atom is 0.254 e. The van der Waals surface area contributed by atoms with E-state index in [2.05, 4.69) is 44.3 Å². The Balaban J connectivity index is 1.61. The molecule has 3 heteroatoms. The van der Waals surface area contributed by atoms with Gasteiger partial charge in [-0.2, -0.15) is 0 Å². The van der Waals surface area contributed by atoms with Crippen LogP contribution in [0.2, 0.25) is 0 Å². The molecule has 0 spiro atoms. The second kappa shape index (κ2) is 6.09. The molecule has 2 aliphatic rings. The average molecular weight is 351 g/mol. The molecule has 2 aromatic rings. The van der Waals surface area contributed by atoms with Gasteiger partial charge in [-0.3, -0.25) is 4.79 Å². The van der Waals surface area contributed by atoms with Crippen LogP contribution >= 0.6 is 0 Å². The fraction of sp³-hybridized carbons (Fsp3) is 0.522. The average Bonchev–Trinajstić information content (AvgIpc) is 2.96. The molecule has 2 bridgehead atoms. The number of hydrogen-bond acceptors (Lipinski definition) is 2. The first-order valence-corrected chi connectivity index (χ1v) is 9.69. The Labute approximate surface area is 156 Å².